The average molecular weight is 393 g/mol. The highest BCUT2D eigenvalue weighted by Crippen LogP contribution is 2.26. The van der Waals surface area contributed by atoms with Gasteiger partial charge in [-0.15, -0.1) is 0 Å². The smallest absolute Gasteiger partial charge is 0.279 e. The standard InChI is InChI=1S/C22H15F2N3O.H2O/c1-25-13-14-5-4-6-15(11-14)21-17-7-2-3-8-18(17)22(28)27(26-21)20-10-9-16(23)12-19(20)24;/h2-13H,1H3;1H2. The number of nitrogens with zero attached hydrogens (tertiary/aromatic N) is 3. The molecule has 0 aliphatic carbocycles. The first-order chi connectivity index (χ1) is 13.6. The van der Waals surface area contributed by atoms with Gasteiger partial charge in [0, 0.05) is 30.3 Å². The third kappa shape index (κ3) is 3.68. The zero-order valence-corrected chi connectivity index (χ0v) is 15.4. The van der Waals surface area contributed by atoms with Gasteiger partial charge in [-0.05, 0) is 29.8 Å². The Morgan fingerprint density at radius 2 is 1.72 bits per heavy atom. The maximum absolute atomic E-state index is 14.4. The number of aliphatic imine (C=N–C) groups is 1. The summed E-state index contributed by atoms with van der Waals surface area (Å²) in [5.41, 5.74) is 1.56. The summed E-state index contributed by atoms with van der Waals surface area (Å²) < 4.78 is 28.7. The Bertz CT molecular complexity index is 1280. The predicted octanol–water partition coefficient (Wildman–Crippen LogP) is 3.55. The van der Waals surface area contributed by atoms with Crippen LogP contribution >= 0.6 is 0 Å². The number of fused-ring (bicyclic) bond motifs is 1. The molecule has 4 aromatic rings. The first kappa shape index (κ1) is 20.0. The maximum atomic E-state index is 14.4. The van der Waals surface area contributed by atoms with Crippen molar-refractivity contribution in [2.24, 2.45) is 4.99 Å². The number of benzene rings is 3. The third-order valence-electron chi connectivity index (χ3n) is 4.38. The van der Waals surface area contributed by atoms with Crippen LogP contribution in [0.25, 0.3) is 27.7 Å². The van der Waals surface area contributed by atoms with Crippen molar-refractivity contribution in [3.63, 3.8) is 0 Å². The molecule has 2 N–H and O–H groups in total. The van der Waals surface area contributed by atoms with Gasteiger partial charge in [0.1, 0.15) is 11.5 Å². The third-order valence-corrected chi connectivity index (χ3v) is 4.38. The van der Waals surface area contributed by atoms with Crippen LogP contribution in [0.3, 0.4) is 0 Å². The molecule has 0 saturated heterocycles. The summed E-state index contributed by atoms with van der Waals surface area (Å²) in [6, 6.07) is 17.5. The molecule has 5 nitrogen and oxygen atoms in total. The van der Waals surface area contributed by atoms with Crippen molar-refractivity contribution in [1.82, 2.24) is 9.78 Å². The molecule has 7 heteroatoms. The zero-order chi connectivity index (χ0) is 19.7. The van der Waals surface area contributed by atoms with Crippen LogP contribution < -0.4 is 5.56 Å². The molecule has 0 amide bonds. The van der Waals surface area contributed by atoms with Crippen molar-refractivity contribution >= 4 is 17.0 Å². The summed E-state index contributed by atoms with van der Waals surface area (Å²) in [6.07, 6.45) is 1.71. The van der Waals surface area contributed by atoms with Gasteiger partial charge in [0.15, 0.2) is 5.82 Å². The van der Waals surface area contributed by atoms with Crippen LogP contribution in [-0.2, 0) is 0 Å². The lowest BCUT2D eigenvalue weighted by molar-refractivity contribution is 0.571. The molecule has 4 rings (SSSR count). The van der Waals surface area contributed by atoms with Crippen molar-refractivity contribution in [3.8, 4) is 16.9 Å². The molecule has 0 aliphatic heterocycles. The SMILES string of the molecule is CN=Cc1cccc(-c2nn(-c3ccc(F)cc3F)c(=O)c3ccccc23)c1.O. The molecule has 3 aromatic carbocycles. The monoisotopic (exact) mass is 393 g/mol. The van der Waals surface area contributed by atoms with Gasteiger partial charge in [-0.3, -0.25) is 9.79 Å². The molecule has 0 fully saturated rings. The van der Waals surface area contributed by atoms with E-state index in [0.29, 0.717) is 16.5 Å². The minimum Gasteiger partial charge on any atom is -0.412 e. The predicted molar refractivity (Wildman–Crippen MR) is 110 cm³/mol. The topological polar surface area (TPSA) is 78.8 Å². The molecular weight excluding hydrogens is 376 g/mol. The Balaban J connectivity index is 0.00000240. The van der Waals surface area contributed by atoms with Crippen LogP contribution in [0.1, 0.15) is 5.56 Å². The average Bonchev–Trinajstić information content (AvgIpc) is 2.70. The zero-order valence-electron chi connectivity index (χ0n) is 15.4. The first-order valence-electron chi connectivity index (χ1n) is 8.58. The largest absolute Gasteiger partial charge is 0.412 e. The van der Waals surface area contributed by atoms with Gasteiger partial charge in [0.05, 0.1) is 11.1 Å². The fraction of sp³-hybridized carbons (Fsp3) is 0.0455. The molecule has 0 atom stereocenters. The highest BCUT2D eigenvalue weighted by molar-refractivity contribution is 5.95. The van der Waals surface area contributed by atoms with Crippen LogP contribution in [-0.4, -0.2) is 28.5 Å². The normalized spacial score (nSPS) is 11.0. The Hall–Kier alpha value is -3.71. The van der Waals surface area contributed by atoms with Crippen molar-refractivity contribution in [2.45, 2.75) is 0 Å². The van der Waals surface area contributed by atoms with Crippen molar-refractivity contribution < 1.29 is 14.3 Å². The van der Waals surface area contributed by atoms with E-state index in [0.717, 1.165) is 27.9 Å². The first-order valence-corrected chi connectivity index (χ1v) is 8.58. The molecule has 0 bridgehead atoms. The summed E-state index contributed by atoms with van der Waals surface area (Å²) in [5.74, 6) is -1.58. The van der Waals surface area contributed by atoms with E-state index in [9.17, 15) is 13.6 Å². The van der Waals surface area contributed by atoms with E-state index in [1.54, 1.807) is 31.5 Å². The Morgan fingerprint density at radius 1 is 0.966 bits per heavy atom. The minimum atomic E-state index is -0.859. The number of rotatable bonds is 3. The van der Waals surface area contributed by atoms with E-state index in [1.165, 1.54) is 6.07 Å². The highest BCUT2D eigenvalue weighted by atomic mass is 19.1. The summed E-state index contributed by atoms with van der Waals surface area (Å²) in [4.78, 5) is 17.0. The van der Waals surface area contributed by atoms with E-state index in [1.807, 2.05) is 30.3 Å². The second-order valence-corrected chi connectivity index (χ2v) is 6.22. The number of halogens is 2. The van der Waals surface area contributed by atoms with Crippen LogP contribution in [0.15, 0.2) is 76.5 Å². The molecule has 0 aliphatic rings. The number of aromatic nitrogens is 2. The summed E-state index contributed by atoms with van der Waals surface area (Å²) in [5, 5.41) is 5.47. The lowest BCUT2D eigenvalue weighted by Gasteiger charge is -2.12. The van der Waals surface area contributed by atoms with Gasteiger partial charge < -0.3 is 5.48 Å². The summed E-state index contributed by atoms with van der Waals surface area (Å²) >= 11 is 0. The molecule has 1 aromatic heterocycles. The van der Waals surface area contributed by atoms with Gasteiger partial charge in [0.2, 0.25) is 0 Å². The molecule has 0 spiro atoms. The van der Waals surface area contributed by atoms with Crippen LogP contribution in [0.2, 0.25) is 0 Å². The van der Waals surface area contributed by atoms with E-state index in [2.05, 4.69) is 10.1 Å². The van der Waals surface area contributed by atoms with Crippen molar-refractivity contribution in [1.29, 1.82) is 0 Å². The fourth-order valence-electron chi connectivity index (χ4n) is 3.13. The molecular formula is C22H17F2N3O2. The summed E-state index contributed by atoms with van der Waals surface area (Å²) in [6.45, 7) is 0. The molecule has 0 radical (unpaired) electrons. The quantitative estimate of drug-likeness (QED) is 0.499. The Kier molecular flexibility index (Phi) is 5.61. The second-order valence-electron chi connectivity index (χ2n) is 6.22. The van der Waals surface area contributed by atoms with Gasteiger partial charge in [-0.2, -0.15) is 9.78 Å². The van der Waals surface area contributed by atoms with Crippen LogP contribution in [0.5, 0.6) is 0 Å². The fourth-order valence-corrected chi connectivity index (χ4v) is 3.13. The maximum Gasteiger partial charge on any atom is 0.279 e. The van der Waals surface area contributed by atoms with E-state index in [4.69, 9.17) is 0 Å². The summed E-state index contributed by atoms with van der Waals surface area (Å²) in [7, 11) is 1.68. The second kappa shape index (κ2) is 8.12. The lowest BCUT2D eigenvalue weighted by atomic mass is 10.0. The minimum absolute atomic E-state index is 0. The highest BCUT2D eigenvalue weighted by Gasteiger charge is 2.16. The van der Waals surface area contributed by atoms with Crippen LogP contribution in [0, 0.1) is 11.6 Å². The van der Waals surface area contributed by atoms with Crippen molar-refractivity contribution in [3.05, 3.63) is 94.3 Å². The van der Waals surface area contributed by atoms with E-state index in [-0.39, 0.29) is 11.2 Å². The molecule has 1 heterocycles. The number of hydrogen-bond acceptors (Lipinski definition) is 3. The Morgan fingerprint density at radius 3 is 2.45 bits per heavy atom. The van der Waals surface area contributed by atoms with E-state index >= 15 is 0 Å². The molecule has 0 unspecified atom stereocenters. The van der Waals surface area contributed by atoms with Gasteiger partial charge in [0.25, 0.3) is 5.56 Å². The van der Waals surface area contributed by atoms with Crippen molar-refractivity contribution in [2.75, 3.05) is 7.05 Å². The Labute approximate surface area is 164 Å². The molecule has 29 heavy (non-hydrogen) atoms. The molecule has 0 saturated carbocycles. The van der Waals surface area contributed by atoms with Crippen LogP contribution in [0.4, 0.5) is 8.78 Å². The molecule has 146 valence electrons. The van der Waals surface area contributed by atoms with Gasteiger partial charge >= 0.3 is 0 Å². The van der Waals surface area contributed by atoms with Gasteiger partial charge in [-0.25, -0.2) is 8.78 Å². The van der Waals surface area contributed by atoms with Gasteiger partial charge in [-0.1, -0.05) is 36.4 Å². The lowest BCUT2D eigenvalue weighted by Crippen LogP contribution is -2.23. The van der Waals surface area contributed by atoms with E-state index < -0.39 is 17.2 Å². The number of hydrogen-bond donors (Lipinski definition) is 0.